The molecule has 4 rings (SSSR count). The Morgan fingerprint density at radius 3 is 2.53 bits per heavy atom. The predicted octanol–water partition coefficient (Wildman–Crippen LogP) is 4.28. The minimum atomic E-state index is -3.63. The Morgan fingerprint density at radius 2 is 1.82 bits per heavy atom. The van der Waals surface area contributed by atoms with Gasteiger partial charge in [-0.3, -0.25) is 0 Å². The van der Waals surface area contributed by atoms with Crippen LogP contribution in [-0.4, -0.2) is 56.3 Å². The molecule has 2 atom stereocenters. The molecule has 0 unspecified atom stereocenters. The first-order valence-electron chi connectivity index (χ1n) is 11.4. The van der Waals surface area contributed by atoms with Gasteiger partial charge in [0.1, 0.15) is 0 Å². The molecule has 3 aromatic rings. The topological polar surface area (TPSA) is 73.1 Å². The van der Waals surface area contributed by atoms with E-state index in [2.05, 4.69) is 4.57 Å². The monoisotopic (exact) mass is 501 g/mol. The molecule has 0 N–H and O–H groups in total. The van der Waals surface area contributed by atoms with Gasteiger partial charge in [-0.15, -0.1) is 11.3 Å². The number of benzene rings is 2. The van der Waals surface area contributed by atoms with Crippen molar-refractivity contribution in [1.29, 1.82) is 0 Å². The molecule has 7 nitrogen and oxygen atoms in total. The van der Waals surface area contributed by atoms with E-state index < -0.39 is 10.0 Å². The number of ether oxygens (including phenoxy) is 2. The molecule has 9 heteroatoms. The van der Waals surface area contributed by atoms with Gasteiger partial charge in [0.2, 0.25) is 10.0 Å². The average molecular weight is 502 g/mol. The van der Waals surface area contributed by atoms with Gasteiger partial charge in [0.05, 0.1) is 28.5 Å². The summed E-state index contributed by atoms with van der Waals surface area (Å²) in [5.74, 6) is 0. The fourth-order valence-corrected chi connectivity index (χ4v) is 6.73. The third-order valence-electron chi connectivity index (χ3n) is 5.66. The van der Waals surface area contributed by atoms with Gasteiger partial charge in [0.25, 0.3) is 0 Å². The van der Waals surface area contributed by atoms with Crippen molar-refractivity contribution in [2.45, 2.75) is 43.9 Å². The third kappa shape index (κ3) is 5.67. The summed E-state index contributed by atoms with van der Waals surface area (Å²) in [6.45, 7) is 5.86. The smallest absolute Gasteiger partial charge is 0.243 e. The number of rotatable bonds is 8. The van der Waals surface area contributed by atoms with Crippen LogP contribution in [-0.2, 0) is 26.0 Å². The van der Waals surface area contributed by atoms with Gasteiger partial charge in [-0.2, -0.15) is 4.31 Å². The normalized spacial score (nSPS) is 20.0. The van der Waals surface area contributed by atoms with Crippen LogP contribution in [0, 0.1) is 0 Å². The standard InChI is InChI=1S/C25H31N3O4S2/c1-19-16-27(17-20(2)32-19)34(29,30)23-12-7-9-21(15-23)24-18-33-25(28(24)13-8-14-31-3)26-22-10-5-4-6-11-22/h4-7,9-12,15,18-20H,8,13-14,16-17H2,1-3H3/t19-,20-/m0/s1. The molecule has 182 valence electrons. The van der Waals surface area contributed by atoms with Crippen molar-refractivity contribution in [3.05, 3.63) is 64.8 Å². The number of thiazole rings is 1. The van der Waals surface area contributed by atoms with Crippen LogP contribution in [0.1, 0.15) is 20.3 Å². The molecule has 2 heterocycles. The Balaban J connectivity index is 1.72. The van der Waals surface area contributed by atoms with Crippen LogP contribution in [0.3, 0.4) is 0 Å². The molecule has 1 aliphatic rings. The van der Waals surface area contributed by atoms with E-state index >= 15 is 0 Å². The van der Waals surface area contributed by atoms with Gasteiger partial charge in [-0.05, 0) is 44.5 Å². The molecular weight excluding hydrogens is 470 g/mol. The second-order valence-corrected chi connectivity index (χ2v) is 11.2. The van der Waals surface area contributed by atoms with Crippen molar-refractivity contribution in [2.75, 3.05) is 26.8 Å². The Bertz CT molecular complexity index is 1260. The van der Waals surface area contributed by atoms with Crippen LogP contribution in [0.4, 0.5) is 5.69 Å². The SMILES string of the molecule is COCCCn1c(-c2cccc(S(=O)(=O)N3C[C@H](C)O[C@@H](C)C3)c2)csc1=Nc1ccccc1. The van der Waals surface area contributed by atoms with Gasteiger partial charge >= 0.3 is 0 Å². The van der Waals surface area contributed by atoms with Crippen LogP contribution < -0.4 is 4.80 Å². The molecule has 1 fully saturated rings. The van der Waals surface area contributed by atoms with Gasteiger partial charge in [-0.1, -0.05) is 30.3 Å². The molecule has 0 aliphatic carbocycles. The van der Waals surface area contributed by atoms with Crippen molar-refractivity contribution >= 4 is 27.0 Å². The quantitative estimate of drug-likeness (QED) is 0.432. The van der Waals surface area contributed by atoms with E-state index in [0.717, 1.165) is 28.2 Å². The lowest BCUT2D eigenvalue weighted by atomic mass is 10.2. The van der Waals surface area contributed by atoms with Gasteiger partial charge < -0.3 is 14.0 Å². The molecule has 1 aliphatic heterocycles. The molecule has 0 bridgehead atoms. The fourth-order valence-electron chi connectivity index (χ4n) is 4.14. The van der Waals surface area contributed by atoms with Crippen molar-refractivity contribution in [2.24, 2.45) is 4.99 Å². The Morgan fingerprint density at radius 1 is 1.09 bits per heavy atom. The van der Waals surface area contributed by atoms with Crippen molar-refractivity contribution in [3.63, 3.8) is 0 Å². The van der Waals surface area contributed by atoms with Crippen LogP contribution in [0.5, 0.6) is 0 Å². The number of para-hydroxylation sites is 1. The summed E-state index contributed by atoms with van der Waals surface area (Å²) in [5.41, 5.74) is 2.67. The molecule has 34 heavy (non-hydrogen) atoms. The number of hydrogen-bond acceptors (Lipinski definition) is 6. The highest BCUT2D eigenvalue weighted by Crippen LogP contribution is 2.27. The Kier molecular flexibility index (Phi) is 8.00. The van der Waals surface area contributed by atoms with E-state index in [4.69, 9.17) is 14.5 Å². The molecule has 0 spiro atoms. The fraction of sp³-hybridized carbons (Fsp3) is 0.400. The number of sulfonamides is 1. The lowest BCUT2D eigenvalue weighted by molar-refractivity contribution is -0.0440. The van der Waals surface area contributed by atoms with Gasteiger partial charge in [-0.25, -0.2) is 13.4 Å². The lowest BCUT2D eigenvalue weighted by Crippen LogP contribution is -2.48. The zero-order valence-electron chi connectivity index (χ0n) is 19.8. The first kappa shape index (κ1) is 24.8. The average Bonchev–Trinajstić information content (AvgIpc) is 3.21. The Labute approximate surface area is 205 Å². The maximum Gasteiger partial charge on any atom is 0.243 e. The van der Waals surface area contributed by atoms with Gasteiger partial charge in [0, 0.05) is 44.3 Å². The van der Waals surface area contributed by atoms with Crippen molar-refractivity contribution in [3.8, 4) is 11.3 Å². The molecule has 0 amide bonds. The van der Waals surface area contributed by atoms with Crippen molar-refractivity contribution in [1.82, 2.24) is 8.87 Å². The predicted molar refractivity (Wildman–Crippen MR) is 135 cm³/mol. The lowest BCUT2D eigenvalue weighted by Gasteiger charge is -2.34. The summed E-state index contributed by atoms with van der Waals surface area (Å²) in [7, 11) is -1.94. The van der Waals surface area contributed by atoms with E-state index in [1.165, 1.54) is 4.31 Å². The summed E-state index contributed by atoms with van der Waals surface area (Å²) in [6, 6.07) is 17.0. The van der Waals surface area contributed by atoms with E-state index in [-0.39, 0.29) is 12.2 Å². The van der Waals surface area contributed by atoms with Gasteiger partial charge in [0.15, 0.2) is 4.80 Å². The zero-order chi connectivity index (χ0) is 24.1. The second-order valence-electron chi connectivity index (χ2n) is 8.46. The second kappa shape index (κ2) is 11.0. The summed E-state index contributed by atoms with van der Waals surface area (Å²) in [4.78, 5) is 5.98. The highest BCUT2D eigenvalue weighted by Gasteiger charge is 2.32. The number of methoxy groups -OCH3 is 1. The first-order valence-corrected chi connectivity index (χ1v) is 13.7. The van der Waals surface area contributed by atoms with E-state index in [9.17, 15) is 8.42 Å². The van der Waals surface area contributed by atoms with Crippen LogP contribution in [0.25, 0.3) is 11.3 Å². The van der Waals surface area contributed by atoms with Crippen LogP contribution in [0.2, 0.25) is 0 Å². The molecule has 0 radical (unpaired) electrons. The van der Waals surface area contributed by atoms with Crippen LogP contribution in [0.15, 0.2) is 69.9 Å². The van der Waals surface area contributed by atoms with E-state index in [1.807, 2.05) is 55.6 Å². The van der Waals surface area contributed by atoms with E-state index in [1.54, 1.807) is 36.6 Å². The maximum atomic E-state index is 13.4. The number of hydrogen-bond donors (Lipinski definition) is 0. The highest BCUT2D eigenvalue weighted by molar-refractivity contribution is 7.89. The molecule has 1 aromatic heterocycles. The number of nitrogens with zero attached hydrogens (tertiary/aromatic N) is 3. The number of aromatic nitrogens is 1. The zero-order valence-corrected chi connectivity index (χ0v) is 21.4. The highest BCUT2D eigenvalue weighted by atomic mass is 32.2. The Hall–Kier alpha value is -2.30. The van der Waals surface area contributed by atoms with E-state index in [0.29, 0.717) is 31.1 Å². The minimum Gasteiger partial charge on any atom is -0.385 e. The third-order valence-corrected chi connectivity index (χ3v) is 8.35. The van der Waals surface area contributed by atoms with Crippen molar-refractivity contribution < 1.29 is 17.9 Å². The summed E-state index contributed by atoms with van der Waals surface area (Å²) >= 11 is 1.54. The summed E-state index contributed by atoms with van der Waals surface area (Å²) < 4.78 is 41.5. The molecule has 1 saturated heterocycles. The minimum absolute atomic E-state index is 0.135. The summed E-state index contributed by atoms with van der Waals surface area (Å²) in [5, 5.41) is 2.04. The van der Waals surface area contributed by atoms with Crippen LogP contribution >= 0.6 is 11.3 Å². The molecule has 2 aromatic carbocycles. The first-order chi connectivity index (χ1) is 16.4. The largest absolute Gasteiger partial charge is 0.385 e. The summed E-state index contributed by atoms with van der Waals surface area (Å²) in [6.07, 6.45) is 0.552. The maximum absolute atomic E-state index is 13.4. The molecule has 0 saturated carbocycles. The molecular formula is C25H31N3O4S2. The number of morpholine rings is 1.